The van der Waals surface area contributed by atoms with Crippen LogP contribution in [0, 0.1) is 0 Å². The van der Waals surface area contributed by atoms with E-state index < -0.39 is 0 Å². The Morgan fingerprint density at radius 1 is 1.33 bits per heavy atom. The van der Waals surface area contributed by atoms with E-state index in [0.29, 0.717) is 24.6 Å². The lowest BCUT2D eigenvalue weighted by Crippen LogP contribution is -2.45. The molecular formula is C16H28N2O3. The molecule has 2 heterocycles. The zero-order valence-corrected chi connectivity index (χ0v) is 13.3. The Hall–Kier alpha value is -1.07. The number of amides is 1. The van der Waals surface area contributed by atoms with E-state index in [1.807, 2.05) is 6.08 Å². The third-order valence-corrected chi connectivity index (χ3v) is 3.84. The van der Waals surface area contributed by atoms with Gasteiger partial charge in [0.15, 0.2) is 5.76 Å². The van der Waals surface area contributed by atoms with Crippen LogP contribution in [0.15, 0.2) is 11.8 Å². The van der Waals surface area contributed by atoms with E-state index in [0.717, 1.165) is 51.9 Å². The van der Waals surface area contributed by atoms with Crippen LogP contribution in [0.5, 0.6) is 0 Å². The van der Waals surface area contributed by atoms with E-state index in [1.54, 1.807) is 0 Å². The molecule has 120 valence electrons. The molecule has 2 rings (SSSR count). The maximum Gasteiger partial charge on any atom is 0.286 e. The maximum absolute atomic E-state index is 11.8. The molecule has 2 aliphatic heterocycles. The first-order valence-electron chi connectivity index (χ1n) is 8.14. The van der Waals surface area contributed by atoms with Crippen LogP contribution in [-0.2, 0) is 14.3 Å². The molecule has 5 heteroatoms. The molecule has 5 nitrogen and oxygen atoms in total. The van der Waals surface area contributed by atoms with Crippen molar-refractivity contribution in [3.63, 3.8) is 0 Å². The summed E-state index contributed by atoms with van der Waals surface area (Å²) in [5, 5.41) is 2.93. The van der Waals surface area contributed by atoms with Gasteiger partial charge in [0.05, 0.1) is 18.8 Å². The Balaban J connectivity index is 1.55. The van der Waals surface area contributed by atoms with Gasteiger partial charge in [-0.15, -0.1) is 0 Å². The molecule has 0 spiro atoms. The van der Waals surface area contributed by atoms with Crippen LogP contribution in [0.2, 0.25) is 0 Å². The average molecular weight is 296 g/mol. The zero-order valence-electron chi connectivity index (χ0n) is 13.3. The average Bonchev–Trinajstić information content (AvgIpc) is 2.46. The molecule has 0 saturated carbocycles. The summed E-state index contributed by atoms with van der Waals surface area (Å²) in [5.41, 5.74) is 0. The highest BCUT2D eigenvalue weighted by Gasteiger charge is 2.21. The molecule has 1 amide bonds. The van der Waals surface area contributed by atoms with E-state index in [1.165, 1.54) is 0 Å². The van der Waals surface area contributed by atoms with Crippen LogP contribution < -0.4 is 5.32 Å². The normalized spacial score (nSPS) is 26.9. The standard InChI is InChI=1S/C16H28N2O3/c1-13-11-18(12-14(2)21-13)9-5-4-8-17-16(19)15-7-3-6-10-20-15/h7,13-14H,3-6,8-12H2,1-2H3,(H,17,19). The number of morpholine rings is 1. The van der Waals surface area contributed by atoms with Crippen molar-refractivity contribution >= 4 is 5.91 Å². The molecule has 2 unspecified atom stereocenters. The minimum absolute atomic E-state index is 0.0664. The van der Waals surface area contributed by atoms with Crippen molar-refractivity contribution in [1.82, 2.24) is 10.2 Å². The minimum Gasteiger partial charge on any atom is -0.488 e. The van der Waals surface area contributed by atoms with Gasteiger partial charge in [-0.1, -0.05) is 0 Å². The maximum atomic E-state index is 11.8. The number of hydrogen-bond donors (Lipinski definition) is 1. The molecular weight excluding hydrogens is 268 g/mol. The minimum atomic E-state index is -0.0664. The quantitative estimate of drug-likeness (QED) is 0.758. The highest BCUT2D eigenvalue weighted by molar-refractivity contribution is 5.91. The van der Waals surface area contributed by atoms with Gasteiger partial charge in [-0.25, -0.2) is 0 Å². The van der Waals surface area contributed by atoms with Crippen LogP contribution in [-0.4, -0.2) is 55.8 Å². The summed E-state index contributed by atoms with van der Waals surface area (Å²) >= 11 is 0. The van der Waals surface area contributed by atoms with Crippen molar-refractivity contribution in [2.24, 2.45) is 0 Å². The van der Waals surface area contributed by atoms with Crippen molar-refractivity contribution in [2.75, 3.05) is 32.8 Å². The largest absolute Gasteiger partial charge is 0.488 e. The molecule has 0 aromatic carbocycles. The lowest BCUT2D eigenvalue weighted by atomic mass is 10.2. The third-order valence-electron chi connectivity index (χ3n) is 3.84. The van der Waals surface area contributed by atoms with Crippen LogP contribution in [0.1, 0.15) is 39.5 Å². The molecule has 1 fully saturated rings. The summed E-state index contributed by atoms with van der Waals surface area (Å²) in [6.45, 7) is 8.73. The Kier molecular flexibility index (Phi) is 6.51. The first kappa shape index (κ1) is 16.3. The Bertz CT molecular complexity index is 361. The van der Waals surface area contributed by atoms with Gasteiger partial charge in [0, 0.05) is 19.6 Å². The third kappa shape index (κ3) is 5.67. The molecule has 0 aliphatic carbocycles. The molecule has 21 heavy (non-hydrogen) atoms. The van der Waals surface area contributed by atoms with Gasteiger partial charge in [-0.2, -0.15) is 0 Å². The molecule has 0 radical (unpaired) electrons. The van der Waals surface area contributed by atoms with Gasteiger partial charge in [-0.05, 0) is 52.2 Å². The number of ether oxygens (including phenoxy) is 2. The second kappa shape index (κ2) is 8.39. The van der Waals surface area contributed by atoms with E-state index in [-0.39, 0.29) is 5.91 Å². The van der Waals surface area contributed by atoms with Crippen LogP contribution in [0.4, 0.5) is 0 Å². The Morgan fingerprint density at radius 2 is 2.10 bits per heavy atom. The monoisotopic (exact) mass is 296 g/mol. The highest BCUT2D eigenvalue weighted by atomic mass is 16.5. The molecule has 0 aromatic rings. The fourth-order valence-corrected chi connectivity index (χ4v) is 2.93. The molecule has 2 atom stereocenters. The van der Waals surface area contributed by atoms with Gasteiger partial charge in [0.2, 0.25) is 0 Å². The molecule has 2 aliphatic rings. The van der Waals surface area contributed by atoms with Gasteiger partial charge in [-0.3, -0.25) is 9.69 Å². The van der Waals surface area contributed by atoms with Crippen molar-refractivity contribution in [3.05, 3.63) is 11.8 Å². The van der Waals surface area contributed by atoms with Crippen molar-refractivity contribution in [1.29, 1.82) is 0 Å². The second-order valence-corrected chi connectivity index (χ2v) is 6.04. The fraction of sp³-hybridized carbons (Fsp3) is 0.812. The topological polar surface area (TPSA) is 50.8 Å². The van der Waals surface area contributed by atoms with E-state index >= 15 is 0 Å². The number of hydrogen-bond acceptors (Lipinski definition) is 4. The van der Waals surface area contributed by atoms with E-state index in [4.69, 9.17) is 9.47 Å². The number of rotatable bonds is 6. The molecule has 1 N–H and O–H groups in total. The lowest BCUT2D eigenvalue weighted by Gasteiger charge is -2.35. The molecule has 0 bridgehead atoms. The summed E-state index contributed by atoms with van der Waals surface area (Å²) in [5.74, 6) is 0.431. The highest BCUT2D eigenvalue weighted by Crippen LogP contribution is 2.11. The van der Waals surface area contributed by atoms with Crippen LogP contribution in [0.3, 0.4) is 0 Å². The molecule has 1 saturated heterocycles. The number of carbonyl (C=O) groups is 1. The van der Waals surface area contributed by atoms with E-state index in [2.05, 4.69) is 24.1 Å². The fourth-order valence-electron chi connectivity index (χ4n) is 2.93. The van der Waals surface area contributed by atoms with Crippen LogP contribution >= 0.6 is 0 Å². The summed E-state index contributed by atoms with van der Waals surface area (Å²) in [6, 6.07) is 0. The predicted octanol–water partition coefficient (Wildman–Crippen LogP) is 1.69. The predicted molar refractivity (Wildman–Crippen MR) is 82.0 cm³/mol. The summed E-state index contributed by atoms with van der Waals surface area (Å²) in [4.78, 5) is 14.3. The van der Waals surface area contributed by atoms with Gasteiger partial charge in [0.1, 0.15) is 0 Å². The molecule has 0 aromatic heterocycles. The summed E-state index contributed by atoms with van der Waals surface area (Å²) in [6.07, 6.45) is 6.57. The number of nitrogens with one attached hydrogen (secondary N) is 1. The van der Waals surface area contributed by atoms with Crippen molar-refractivity contribution < 1.29 is 14.3 Å². The SMILES string of the molecule is CC1CN(CCCCNC(=O)C2=CCCCO2)CC(C)O1. The van der Waals surface area contributed by atoms with Gasteiger partial charge >= 0.3 is 0 Å². The van der Waals surface area contributed by atoms with Gasteiger partial charge < -0.3 is 14.8 Å². The summed E-state index contributed by atoms with van der Waals surface area (Å²) < 4.78 is 11.1. The summed E-state index contributed by atoms with van der Waals surface area (Å²) in [7, 11) is 0. The van der Waals surface area contributed by atoms with Crippen molar-refractivity contribution in [3.8, 4) is 0 Å². The first-order valence-corrected chi connectivity index (χ1v) is 8.14. The van der Waals surface area contributed by atoms with Crippen LogP contribution in [0.25, 0.3) is 0 Å². The first-order chi connectivity index (χ1) is 10.1. The number of allylic oxidation sites excluding steroid dienone is 1. The van der Waals surface area contributed by atoms with Crippen molar-refractivity contribution in [2.45, 2.75) is 51.7 Å². The Morgan fingerprint density at radius 3 is 2.76 bits per heavy atom. The Labute approximate surface area is 127 Å². The lowest BCUT2D eigenvalue weighted by molar-refractivity contribution is -0.121. The smallest absolute Gasteiger partial charge is 0.286 e. The number of nitrogens with zero attached hydrogens (tertiary/aromatic N) is 1. The second-order valence-electron chi connectivity index (χ2n) is 6.04. The number of unbranched alkanes of at least 4 members (excludes halogenated alkanes) is 1. The van der Waals surface area contributed by atoms with E-state index in [9.17, 15) is 4.79 Å². The zero-order chi connectivity index (χ0) is 15.1. The number of carbonyl (C=O) groups excluding carboxylic acids is 1. The van der Waals surface area contributed by atoms with Gasteiger partial charge in [0.25, 0.3) is 5.91 Å².